The van der Waals surface area contributed by atoms with E-state index in [0.29, 0.717) is 20.7 Å². The van der Waals surface area contributed by atoms with Gasteiger partial charge in [0.2, 0.25) is 0 Å². The molecule has 1 aliphatic heterocycles. The van der Waals surface area contributed by atoms with Crippen LogP contribution in [-0.2, 0) is 16.8 Å². The number of carbonyl (C=O) groups is 3. The molecule has 5 rings (SSSR count). The smallest absolute Gasteiger partial charge is 0.436 e. The summed E-state index contributed by atoms with van der Waals surface area (Å²) < 4.78 is 6.49. The molecule has 1 saturated heterocycles. The number of rotatable bonds is 8. The van der Waals surface area contributed by atoms with Gasteiger partial charge in [-0.05, 0) is 83.0 Å². The molecule has 0 radical (unpaired) electrons. The lowest BCUT2D eigenvalue weighted by atomic mass is 9.94. The zero-order chi connectivity index (χ0) is 29.9. The topological polar surface area (TPSA) is 106 Å². The van der Waals surface area contributed by atoms with E-state index in [1.165, 1.54) is 19.3 Å². The Morgan fingerprint density at radius 1 is 0.976 bits per heavy atom. The Kier molecular flexibility index (Phi) is 8.74. The molecule has 9 nitrogen and oxygen atoms in total. The second-order valence-corrected chi connectivity index (χ2v) is 12.5. The summed E-state index contributed by atoms with van der Waals surface area (Å²) >= 11 is 1.12. The summed E-state index contributed by atoms with van der Waals surface area (Å²) in [6.45, 7) is 10.4. The predicted molar refractivity (Wildman–Crippen MR) is 165 cm³/mol. The maximum Gasteiger partial charge on any atom is 0.436 e. The molecule has 0 atom stereocenters. The van der Waals surface area contributed by atoms with Crippen molar-refractivity contribution in [2.75, 3.05) is 18.4 Å². The van der Waals surface area contributed by atoms with E-state index in [2.05, 4.69) is 20.6 Å². The first-order valence-electron chi connectivity index (χ1n) is 14.3. The third-order valence-corrected chi connectivity index (χ3v) is 8.43. The molecule has 0 unspecified atom stereocenters. The van der Waals surface area contributed by atoms with Crippen molar-refractivity contribution in [3.63, 3.8) is 0 Å². The van der Waals surface area contributed by atoms with Gasteiger partial charge in [-0.2, -0.15) is 4.68 Å². The molecule has 42 heavy (non-hydrogen) atoms. The Balaban J connectivity index is 1.38. The van der Waals surface area contributed by atoms with Gasteiger partial charge in [0.05, 0.1) is 21.9 Å². The molecule has 3 heterocycles. The van der Waals surface area contributed by atoms with Gasteiger partial charge >= 0.3 is 6.09 Å². The summed E-state index contributed by atoms with van der Waals surface area (Å²) in [5.74, 6) is -0.466. The van der Waals surface area contributed by atoms with E-state index in [0.717, 1.165) is 46.8 Å². The summed E-state index contributed by atoms with van der Waals surface area (Å²) in [5, 5.41) is 10.8. The number of benzene rings is 2. The number of nitrogens with zero attached hydrogens (tertiary/aromatic N) is 3. The summed E-state index contributed by atoms with van der Waals surface area (Å²) in [7, 11) is 0. The Morgan fingerprint density at radius 3 is 2.33 bits per heavy atom. The zero-order valence-corrected chi connectivity index (χ0v) is 25.3. The van der Waals surface area contributed by atoms with Crippen LogP contribution in [0.4, 0.5) is 10.6 Å². The van der Waals surface area contributed by atoms with Crippen LogP contribution in [0, 0.1) is 0 Å². The molecule has 2 aromatic heterocycles. The Labute approximate surface area is 249 Å². The van der Waals surface area contributed by atoms with Gasteiger partial charge in [-0.3, -0.25) is 14.5 Å². The lowest BCUT2D eigenvalue weighted by Crippen LogP contribution is -2.40. The first-order valence-corrected chi connectivity index (χ1v) is 15.2. The number of piperidine rings is 1. The number of thiophene rings is 1. The minimum Gasteiger partial charge on any atom is -0.445 e. The van der Waals surface area contributed by atoms with Gasteiger partial charge < -0.3 is 15.4 Å². The van der Waals surface area contributed by atoms with Crippen LogP contribution in [0.5, 0.6) is 0 Å². The number of aromatic nitrogens is 2. The monoisotopic (exact) mass is 587 g/mol. The van der Waals surface area contributed by atoms with Gasteiger partial charge in [0.15, 0.2) is 5.82 Å². The van der Waals surface area contributed by atoms with Crippen LogP contribution >= 0.6 is 11.3 Å². The molecule has 0 spiro atoms. The molecule has 0 bridgehead atoms. The van der Waals surface area contributed by atoms with Crippen LogP contribution in [-0.4, -0.2) is 51.8 Å². The first kappa shape index (κ1) is 29.5. The summed E-state index contributed by atoms with van der Waals surface area (Å²) in [5.41, 5.74) is 1.96. The number of hydrogen-bond donors (Lipinski definition) is 2. The van der Waals surface area contributed by atoms with Crippen molar-refractivity contribution in [3.05, 3.63) is 82.2 Å². The van der Waals surface area contributed by atoms with E-state index < -0.39 is 11.6 Å². The Bertz CT molecular complexity index is 1570. The van der Waals surface area contributed by atoms with Gasteiger partial charge in [-0.1, -0.05) is 48.9 Å². The second-order valence-electron chi connectivity index (χ2n) is 11.5. The molecular weight excluding hydrogens is 550 g/mol. The number of nitrogens with one attached hydrogen (secondary N) is 2. The molecule has 4 aromatic rings. The van der Waals surface area contributed by atoms with Crippen LogP contribution in [0.2, 0.25) is 0 Å². The van der Waals surface area contributed by atoms with Crippen molar-refractivity contribution in [3.8, 4) is 0 Å². The zero-order valence-electron chi connectivity index (χ0n) is 24.5. The molecule has 1 aliphatic rings. The fourth-order valence-electron chi connectivity index (χ4n) is 5.08. The number of carbonyl (C=O) groups excluding carboxylic acids is 3. The fraction of sp³-hybridized carbons (Fsp3) is 0.375. The maximum absolute atomic E-state index is 13.4. The van der Waals surface area contributed by atoms with Gasteiger partial charge in [0.25, 0.3) is 11.8 Å². The van der Waals surface area contributed by atoms with E-state index in [1.807, 2.05) is 56.3 Å². The molecule has 2 N–H and O–H groups in total. The molecular formula is C32H37N5O4S. The van der Waals surface area contributed by atoms with E-state index in [4.69, 9.17) is 4.74 Å². The first-order chi connectivity index (χ1) is 20.1. The lowest BCUT2D eigenvalue weighted by Gasteiger charge is -2.26. The third kappa shape index (κ3) is 6.71. The number of likely N-dealkylation sites (tertiary alicyclic amines) is 1. The Morgan fingerprint density at radius 2 is 1.67 bits per heavy atom. The number of fused-ring (bicyclic) bond motifs is 1. The Hall–Kier alpha value is -4.02. The minimum absolute atomic E-state index is 0.186. The van der Waals surface area contributed by atoms with Crippen molar-refractivity contribution < 1.29 is 19.1 Å². The molecule has 2 amide bonds. The molecule has 2 aromatic carbocycles. The van der Waals surface area contributed by atoms with Crippen LogP contribution in [0.1, 0.15) is 78.1 Å². The fourth-order valence-corrected chi connectivity index (χ4v) is 6.07. The van der Waals surface area contributed by atoms with Crippen molar-refractivity contribution >= 4 is 45.3 Å². The molecule has 220 valence electrons. The van der Waals surface area contributed by atoms with Gasteiger partial charge in [-0.25, -0.2) is 4.79 Å². The van der Waals surface area contributed by atoms with Crippen LogP contribution in [0.3, 0.4) is 0 Å². The van der Waals surface area contributed by atoms with Crippen molar-refractivity contribution in [2.24, 2.45) is 0 Å². The normalized spacial score (nSPS) is 14.2. The highest BCUT2D eigenvalue weighted by Gasteiger charge is 2.27. The van der Waals surface area contributed by atoms with Crippen molar-refractivity contribution in [2.45, 2.75) is 65.1 Å². The van der Waals surface area contributed by atoms with E-state index in [9.17, 15) is 14.4 Å². The molecule has 0 saturated carbocycles. The van der Waals surface area contributed by atoms with Crippen LogP contribution in [0.25, 0.3) is 10.2 Å². The van der Waals surface area contributed by atoms with Crippen molar-refractivity contribution in [1.29, 1.82) is 0 Å². The highest BCUT2D eigenvalue weighted by molar-refractivity contribution is 7.20. The van der Waals surface area contributed by atoms with E-state index >= 15 is 0 Å². The SMILES string of the molecule is CC(C)OC(=O)n1nc(NC(=O)c2ccc(CN3CCCCC3)cc2)c2cc(C(=O)NC(C)(C)c3ccccc3)sc21. The highest BCUT2D eigenvalue weighted by Crippen LogP contribution is 2.33. The van der Waals surface area contributed by atoms with Crippen molar-refractivity contribution in [1.82, 2.24) is 20.0 Å². The minimum atomic E-state index is -0.684. The van der Waals surface area contributed by atoms with E-state index in [1.54, 1.807) is 32.0 Å². The summed E-state index contributed by atoms with van der Waals surface area (Å²) in [6, 6.07) is 18.9. The van der Waals surface area contributed by atoms with E-state index in [-0.39, 0.29) is 23.7 Å². The third-order valence-electron chi connectivity index (χ3n) is 7.32. The lowest BCUT2D eigenvalue weighted by molar-refractivity contribution is 0.0915. The number of ether oxygens (including phenoxy) is 1. The van der Waals surface area contributed by atoms with Gasteiger partial charge in [-0.15, -0.1) is 16.4 Å². The second kappa shape index (κ2) is 12.5. The quantitative estimate of drug-likeness (QED) is 0.247. The molecule has 1 fully saturated rings. The summed E-state index contributed by atoms with van der Waals surface area (Å²) in [4.78, 5) is 42.7. The standard InChI is InChI=1S/C32H37N5O4S/c1-21(2)41-31(40)37-30-25(19-26(42-30)29(39)34-32(3,4)24-11-7-5-8-12-24)27(35-37)33-28(38)23-15-13-22(14-16-23)20-36-17-9-6-10-18-36/h5,7-8,11-16,19,21H,6,9-10,17-18,20H2,1-4H3,(H,34,39)(H,33,35,38). The van der Waals surface area contributed by atoms with Gasteiger partial charge in [0.1, 0.15) is 4.83 Å². The number of amides is 2. The summed E-state index contributed by atoms with van der Waals surface area (Å²) in [6.07, 6.45) is 2.69. The average Bonchev–Trinajstić information content (AvgIpc) is 3.54. The maximum atomic E-state index is 13.4. The predicted octanol–water partition coefficient (Wildman–Crippen LogP) is 6.39. The largest absolute Gasteiger partial charge is 0.445 e. The average molecular weight is 588 g/mol. The molecule has 0 aliphatic carbocycles. The van der Waals surface area contributed by atoms with Crippen LogP contribution in [0.15, 0.2) is 60.7 Å². The highest BCUT2D eigenvalue weighted by atomic mass is 32.1. The number of hydrogen-bond acceptors (Lipinski definition) is 7. The van der Waals surface area contributed by atoms with Gasteiger partial charge in [0, 0.05) is 12.1 Å². The number of anilines is 1. The molecule has 10 heteroatoms. The van der Waals surface area contributed by atoms with Crippen LogP contribution < -0.4 is 10.6 Å².